The molecule has 4 nitrogen and oxygen atoms in total. The van der Waals surface area contributed by atoms with E-state index in [0.29, 0.717) is 17.7 Å². The molecule has 4 aliphatic rings. The van der Waals surface area contributed by atoms with Crippen molar-refractivity contribution in [2.24, 2.45) is 17.3 Å². The molecule has 2 unspecified atom stereocenters. The lowest BCUT2D eigenvalue weighted by Gasteiger charge is -2.60. The van der Waals surface area contributed by atoms with Crippen LogP contribution in [0.25, 0.3) is 0 Å². The van der Waals surface area contributed by atoms with Gasteiger partial charge in [-0.1, -0.05) is 15.9 Å². The molecule has 2 atom stereocenters. The van der Waals surface area contributed by atoms with E-state index < -0.39 is 0 Å². The highest BCUT2D eigenvalue weighted by molar-refractivity contribution is 9.10. The van der Waals surface area contributed by atoms with E-state index in [4.69, 9.17) is 9.47 Å². The largest absolute Gasteiger partial charge is 0.496 e. The second-order valence-corrected chi connectivity index (χ2v) is 10.7. The Balaban J connectivity index is 1.42. The van der Waals surface area contributed by atoms with Crippen molar-refractivity contribution in [3.8, 4) is 5.75 Å². The van der Waals surface area contributed by atoms with Gasteiger partial charge in [-0.05, 0) is 80.9 Å². The van der Waals surface area contributed by atoms with Crippen LogP contribution in [-0.2, 0) is 16.1 Å². The molecule has 0 amide bonds. The number of Topliss-reactive ketones (excluding diaryl/α,β-unsaturated/α-hetero) is 1. The van der Waals surface area contributed by atoms with Gasteiger partial charge in [0, 0.05) is 15.5 Å². The van der Waals surface area contributed by atoms with Crippen molar-refractivity contribution < 1.29 is 19.1 Å². The number of esters is 1. The van der Waals surface area contributed by atoms with Crippen LogP contribution in [0.15, 0.2) is 18.2 Å². The van der Waals surface area contributed by atoms with Gasteiger partial charge < -0.3 is 9.47 Å². The quantitative estimate of drug-likeness (QED) is 0.356. The van der Waals surface area contributed by atoms with E-state index in [1.165, 1.54) is 26.2 Å². The fraction of sp³-hybridized carbons (Fsp3) is 0.636. The summed E-state index contributed by atoms with van der Waals surface area (Å²) >= 11 is 4.00. The Morgan fingerprint density at radius 3 is 2.48 bits per heavy atom. The summed E-state index contributed by atoms with van der Waals surface area (Å²) < 4.78 is 11.2. The maximum Gasteiger partial charge on any atom is 0.306 e. The highest BCUT2D eigenvalue weighted by Crippen LogP contribution is 2.65. The molecule has 0 heterocycles. The maximum atomic E-state index is 12.7. The van der Waals surface area contributed by atoms with Gasteiger partial charge in [-0.2, -0.15) is 0 Å². The van der Waals surface area contributed by atoms with E-state index in [9.17, 15) is 9.59 Å². The third kappa shape index (κ3) is 3.80. The van der Waals surface area contributed by atoms with E-state index in [-0.39, 0.29) is 28.1 Å². The fourth-order valence-electron chi connectivity index (χ4n) is 6.17. The van der Waals surface area contributed by atoms with Crippen molar-refractivity contribution >= 4 is 27.7 Å². The lowest BCUT2D eigenvalue weighted by Crippen LogP contribution is -2.53. The van der Waals surface area contributed by atoms with E-state index in [2.05, 4.69) is 15.9 Å². The third-order valence-electron chi connectivity index (χ3n) is 6.71. The van der Waals surface area contributed by atoms with Crippen molar-refractivity contribution in [2.75, 3.05) is 7.11 Å². The van der Waals surface area contributed by atoms with Crippen LogP contribution in [0.1, 0.15) is 67.8 Å². The molecule has 27 heavy (non-hydrogen) atoms. The first-order valence-corrected chi connectivity index (χ1v) is 10.6. The summed E-state index contributed by atoms with van der Waals surface area (Å²) in [5.41, 5.74) is 1.45. The monoisotopic (exact) mass is 434 g/mol. The number of benzene rings is 1. The van der Waals surface area contributed by atoms with Crippen molar-refractivity contribution in [2.45, 2.75) is 62.8 Å². The highest BCUT2D eigenvalue weighted by Gasteiger charge is 2.57. The molecule has 5 heteroatoms. The average Bonchev–Trinajstić information content (AvgIpc) is 2.57. The van der Waals surface area contributed by atoms with Crippen LogP contribution in [0.3, 0.4) is 0 Å². The van der Waals surface area contributed by atoms with E-state index in [1.807, 2.05) is 0 Å². The lowest BCUT2D eigenvalue weighted by atomic mass is 9.49. The Kier molecular flexibility index (Phi) is 4.86. The number of hydrogen-bond donors (Lipinski definition) is 0. The summed E-state index contributed by atoms with van der Waals surface area (Å²) in [5, 5.41) is 0. The fourth-order valence-corrected chi connectivity index (χ4v) is 7.68. The molecule has 0 saturated heterocycles. The molecule has 4 saturated carbocycles. The van der Waals surface area contributed by atoms with Crippen LogP contribution in [0.2, 0.25) is 0 Å². The number of halogens is 1. The van der Waals surface area contributed by atoms with Crippen LogP contribution in [0.5, 0.6) is 5.75 Å². The summed E-state index contributed by atoms with van der Waals surface area (Å²) in [6.07, 6.45) is 7.77. The molecule has 0 aliphatic heterocycles. The van der Waals surface area contributed by atoms with Crippen molar-refractivity contribution in [1.29, 1.82) is 0 Å². The van der Waals surface area contributed by atoms with Gasteiger partial charge in [-0.25, -0.2) is 0 Å². The third-order valence-corrected chi connectivity index (χ3v) is 7.63. The van der Waals surface area contributed by atoms with Crippen molar-refractivity contribution in [3.05, 3.63) is 29.3 Å². The van der Waals surface area contributed by atoms with Gasteiger partial charge in [-0.15, -0.1) is 0 Å². The Labute approximate surface area is 169 Å². The number of methoxy groups -OCH3 is 1. The van der Waals surface area contributed by atoms with E-state index >= 15 is 0 Å². The summed E-state index contributed by atoms with van der Waals surface area (Å²) in [4.78, 5) is 24.3. The van der Waals surface area contributed by atoms with E-state index in [1.54, 1.807) is 25.3 Å². The molecule has 1 aromatic carbocycles. The first-order chi connectivity index (χ1) is 12.8. The molecule has 0 aromatic heterocycles. The Morgan fingerprint density at radius 1 is 1.19 bits per heavy atom. The molecule has 146 valence electrons. The minimum atomic E-state index is -0.136. The Bertz CT molecular complexity index is 758. The normalized spacial score (nSPS) is 33.7. The number of rotatable bonds is 6. The number of hydrogen-bond acceptors (Lipinski definition) is 4. The zero-order chi connectivity index (χ0) is 19.2. The van der Waals surface area contributed by atoms with Crippen molar-refractivity contribution in [3.63, 3.8) is 0 Å². The summed E-state index contributed by atoms with van der Waals surface area (Å²) in [7, 11) is 1.58. The summed E-state index contributed by atoms with van der Waals surface area (Å²) in [5.74, 6) is 2.00. The lowest BCUT2D eigenvalue weighted by molar-refractivity contribution is -0.152. The number of ether oxygens (including phenoxy) is 2. The molecular formula is C22H27BrO4. The first kappa shape index (κ1) is 19.0. The second kappa shape index (κ2) is 6.91. The average molecular weight is 435 g/mol. The molecule has 0 N–H and O–H groups in total. The number of carbonyl (C=O) groups is 2. The zero-order valence-electron chi connectivity index (χ0n) is 16.1. The summed E-state index contributed by atoms with van der Waals surface area (Å²) in [6, 6.07) is 5.25. The highest BCUT2D eigenvalue weighted by atomic mass is 79.9. The number of carbonyl (C=O) groups excluding carboxylic acids is 2. The minimum absolute atomic E-state index is 0.0126. The molecule has 0 spiro atoms. The smallest absolute Gasteiger partial charge is 0.306 e. The zero-order valence-corrected chi connectivity index (χ0v) is 17.6. The maximum absolute atomic E-state index is 12.7. The van der Waals surface area contributed by atoms with Crippen LogP contribution in [-0.4, -0.2) is 23.2 Å². The topological polar surface area (TPSA) is 52.6 Å². The van der Waals surface area contributed by atoms with Gasteiger partial charge in [0.25, 0.3) is 0 Å². The standard InChI is InChI=1S/C22H27BrO4/c1-14(24)17-3-4-19(26-2)18(6-17)12-27-20(25)11-21-7-15-5-16(8-21)10-22(23,9-15)13-21/h3-4,6,15-16H,5,7-13H2,1-2H3. The van der Waals surface area contributed by atoms with Crippen molar-refractivity contribution in [1.82, 2.24) is 0 Å². The molecular weight excluding hydrogens is 408 g/mol. The van der Waals surface area contributed by atoms with Gasteiger partial charge in [0.2, 0.25) is 0 Å². The predicted molar refractivity (Wildman–Crippen MR) is 106 cm³/mol. The predicted octanol–water partition coefficient (Wildman–Crippen LogP) is 5.07. The molecule has 0 radical (unpaired) electrons. The van der Waals surface area contributed by atoms with Gasteiger partial charge in [0.15, 0.2) is 5.78 Å². The second-order valence-electron chi connectivity index (χ2n) is 9.03. The summed E-state index contributed by atoms with van der Waals surface area (Å²) in [6.45, 7) is 1.67. The first-order valence-electron chi connectivity index (χ1n) is 9.82. The van der Waals surface area contributed by atoms with Crippen LogP contribution < -0.4 is 4.74 Å². The minimum Gasteiger partial charge on any atom is -0.496 e. The molecule has 1 aromatic rings. The molecule has 4 aliphatic carbocycles. The van der Waals surface area contributed by atoms with E-state index in [0.717, 1.165) is 36.7 Å². The van der Waals surface area contributed by atoms with Gasteiger partial charge in [0.1, 0.15) is 12.4 Å². The number of alkyl halides is 1. The Hall–Kier alpha value is -1.36. The van der Waals surface area contributed by atoms with Crippen LogP contribution in [0, 0.1) is 17.3 Å². The Morgan fingerprint density at radius 2 is 1.89 bits per heavy atom. The van der Waals surface area contributed by atoms with Crippen LogP contribution >= 0.6 is 15.9 Å². The molecule has 5 rings (SSSR count). The van der Waals surface area contributed by atoms with Gasteiger partial charge in [-0.3, -0.25) is 9.59 Å². The van der Waals surface area contributed by atoms with Gasteiger partial charge in [0.05, 0.1) is 13.5 Å². The molecule has 4 fully saturated rings. The molecule has 4 bridgehead atoms. The number of ketones is 1. The van der Waals surface area contributed by atoms with Crippen LogP contribution in [0.4, 0.5) is 0 Å². The van der Waals surface area contributed by atoms with Gasteiger partial charge >= 0.3 is 5.97 Å². The SMILES string of the molecule is COc1ccc(C(C)=O)cc1COC(=O)CC12CC3CC(CC(Br)(C3)C1)C2.